The Balaban J connectivity index is 2.06. The predicted molar refractivity (Wildman–Crippen MR) is 67.4 cm³/mol. The number of sulfone groups is 1. The minimum absolute atomic E-state index is 0.00339. The average molecular weight is 269 g/mol. The van der Waals surface area contributed by atoms with E-state index in [0.29, 0.717) is 17.5 Å². The van der Waals surface area contributed by atoms with Gasteiger partial charge in [-0.2, -0.15) is 0 Å². The molecule has 1 aliphatic rings. The van der Waals surface area contributed by atoms with E-state index >= 15 is 0 Å². The number of phenols is 1. The van der Waals surface area contributed by atoms with Crippen LogP contribution in [-0.4, -0.2) is 37.0 Å². The molecule has 0 radical (unpaired) electrons. The normalized spacial score (nSPS) is 21.7. The SMILES string of the molecule is Cc1ccc(C(=O)NC2CCS(=O)(=O)C2)cc1O. The first kappa shape index (κ1) is 12.9. The lowest BCUT2D eigenvalue weighted by Gasteiger charge is -2.11. The number of rotatable bonds is 2. The average Bonchev–Trinajstić information content (AvgIpc) is 2.62. The van der Waals surface area contributed by atoms with Crippen LogP contribution in [0.15, 0.2) is 18.2 Å². The fraction of sp³-hybridized carbons (Fsp3) is 0.417. The van der Waals surface area contributed by atoms with E-state index in [1.165, 1.54) is 6.07 Å². The molecule has 1 fully saturated rings. The topological polar surface area (TPSA) is 83.5 Å². The Morgan fingerprint density at radius 2 is 2.17 bits per heavy atom. The summed E-state index contributed by atoms with van der Waals surface area (Å²) < 4.78 is 22.5. The van der Waals surface area contributed by atoms with Crippen LogP contribution >= 0.6 is 0 Å². The van der Waals surface area contributed by atoms with Crippen molar-refractivity contribution in [2.24, 2.45) is 0 Å². The minimum Gasteiger partial charge on any atom is -0.508 e. The van der Waals surface area contributed by atoms with Crippen LogP contribution in [0.4, 0.5) is 0 Å². The van der Waals surface area contributed by atoms with Gasteiger partial charge in [0, 0.05) is 11.6 Å². The summed E-state index contributed by atoms with van der Waals surface area (Å²) in [5, 5.41) is 12.2. The van der Waals surface area contributed by atoms with Crippen molar-refractivity contribution in [3.05, 3.63) is 29.3 Å². The molecule has 1 saturated heterocycles. The molecule has 2 N–H and O–H groups in total. The van der Waals surface area contributed by atoms with Crippen LogP contribution in [0.3, 0.4) is 0 Å². The van der Waals surface area contributed by atoms with Gasteiger partial charge < -0.3 is 10.4 Å². The first-order valence-corrected chi connectivity index (χ1v) is 7.50. The molecule has 1 unspecified atom stereocenters. The molecular formula is C12H15NO4S. The molecule has 98 valence electrons. The second-order valence-corrected chi connectivity index (χ2v) is 6.80. The largest absolute Gasteiger partial charge is 0.508 e. The lowest BCUT2D eigenvalue weighted by Crippen LogP contribution is -2.35. The maximum Gasteiger partial charge on any atom is 0.251 e. The molecule has 1 aliphatic heterocycles. The molecule has 18 heavy (non-hydrogen) atoms. The van der Waals surface area contributed by atoms with Crippen molar-refractivity contribution in [2.75, 3.05) is 11.5 Å². The fourth-order valence-electron chi connectivity index (χ4n) is 1.93. The molecule has 0 bridgehead atoms. The predicted octanol–water partition coefficient (Wildman–Crippen LogP) is 0.618. The number of phenolic OH excluding ortho intramolecular Hbond substituents is 1. The molecular weight excluding hydrogens is 254 g/mol. The van der Waals surface area contributed by atoms with Crippen molar-refractivity contribution in [1.29, 1.82) is 0 Å². The molecule has 1 aromatic carbocycles. The van der Waals surface area contributed by atoms with Gasteiger partial charge in [-0.15, -0.1) is 0 Å². The number of amides is 1. The lowest BCUT2D eigenvalue weighted by atomic mass is 10.1. The van der Waals surface area contributed by atoms with Crippen LogP contribution in [-0.2, 0) is 9.84 Å². The zero-order valence-electron chi connectivity index (χ0n) is 10.0. The van der Waals surface area contributed by atoms with E-state index in [0.717, 1.165) is 0 Å². The fourth-order valence-corrected chi connectivity index (χ4v) is 3.60. The molecule has 1 heterocycles. The van der Waals surface area contributed by atoms with Crippen molar-refractivity contribution in [2.45, 2.75) is 19.4 Å². The van der Waals surface area contributed by atoms with Crippen LogP contribution in [0.25, 0.3) is 0 Å². The van der Waals surface area contributed by atoms with Crippen molar-refractivity contribution in [1.82, 2.24) is 5.32 Å². The maximum absolute atomic E-state index is 11.9. The molecule has 0 aliphatic carbocycles. The molecule has 2 rings (SSSR count). The number of aromatic hydroxyl groups is 1. The molecule has 1 atom stereocenters. The van der Waals surface area contributed by atoms with E-state index in [2.05, 4.69) is 5.32 Å². The zero-order chi connectivity index (χ0) is 13.3. The number of aryl methyl sites for hydroxylation is 1. The molecule has 6 heteroatoms. The summed E-state index contributed by atoms with van der Waals surface area (Å²) in [6.07, 6.45) is 0.450. The minimum atomic E-state index is -3.00. The van der Waals surface area contributed by atoms with E-state index in [1.54, 1.807) is 19.1 Å². The smallest absolute Gasteiger partial charge is 0.251 e. The number of hydrogen-bond acceptors (Lipinski definition) is 4. The second-order valence-electron chi connectivity index (χ2n) is 4.57. The van der Waals surface area contributed by atoms with Gasteiger partial charge >= 0.3 is 0 Å². The van der Waals surface area contributed by atoms with E-state index in [-0.39, 0.29) is 29.2 Å². The van der Waals surface area contributed by atoms with Crippen molar-refractivity contribution < 1.29 is 18.3 Å². The highest BCUT2D eigenvalue weighted by Crippen LogP contribution is 2.18. The standard InChI is InChI=1S/C12H15NO4S/c1-8-2-3-9(6-11(8)14)12(15)13-10-4-5-18(16,17)7-10/h2-3,6,10,14H,4-5,7H2,1H3,(H,13,15). The van der Waals surface area contributed by atoms with E-state index in [4.69, 9.17) is 0 Å². The van der Waals surface area contributed by atoms with Gasteiger partial charge in [-0.3, -0.25) is 4.79 Å². The van der Waals surface area contributed by atoms with Gasteiger partial charge in [0.2, 0.25) is 0 Å². The number of hydrogen-bond donors (Lipinski definition) is 2. The molecule has 0 spiro atoms. The highest BCUT2D eigenvalue weighted by molar-refractivity contribution is 7.91. The Kier molecular flexibility index (Phi) is 3.30. The summed E-state index contributed by atoms with van der Waals surface area (Å²) in [4.78, 5) is 11.9. The summed E-state index contributed by atoms with van der Waals surface area (Å²) in [5.74, 6) is -0.178. The van der Waals surface area contributed by atoms with Crippen LogP contribution in [0.5, 0.6) is 5.75 Å². The van der Waals surface area contributed by atoms with Crippen molar-refractivity contribution >= 4 is 15.7 Å². The van der Waals surface area contributed by atoms with Crippen LogP contribution < -0.4 is 5.32 Å². The van der Waals surface area contributed by atoms with Crippen LogP contribution in [0.2, 0.25) is 0 Å². The summed E-state index contributed by atoms with van der Waals surface area (Å²) in [6.45, 7) is 1.74. The Labute approximate surface area is 106 Å². The third-order valence-electron chi connectivity index (χ3n) is 3.04. The van der Waals surface area contributed by atoms with Gasteiger partial charge in [-0.1, -0.05) is 6.07 Å². The third kappa shape index (κ3) is 2.81. The van der Waals surface area contributed by atoms with Gasteiger partial charge in [0.15, 0.2) is 9.84 Å². The number of carbonyl (C=O) groups is 1. The van der Waals surface area contributed by atoms with Crippen LogP contribution in [0, 0.1) is 6.92 Å². The van der Waals surface area contributed by atoms with Crippen LogP contribution in [0.1, 0.15) is 22.3 Å². The highest BCUT2D eigenvalue weighted by atomic mass is 32.2. The number of benzene rings is 1. The Bertz CT molecular complexity index is 580. The van der Waals surface area contributed by atoms with Gasteiger partial charge in [0.25, 0.3) is 5.91 Å². The zero-order valence-corrected chi connectivity index (χ0v) is 10.8. The van der Waals surface area contributed by atoms with Gasteiger partial charge in [0.1, 0.15) is 5.75 Å². The summed E-state index contributed by atoms with van der Waals surface area (Å²) in [6, 6.07) is 4.31. The van der Waals surface area contributed by atoms with Gasteiger partial charge in [0.05, 0.1) is 11.5 Å². The van der Waals surface area contributed by atoms with Crippen molar-refractivity contribution in [3.63, 3.8) is 0 Å². The van der Waals surface area contributed by atoms with E-state index in [9.17, 15) is 18.3 Å². The van der Waals surface area contributed by atoms with Gasteiger partial charge in [-0.25, -0.2) is 8.42 Å². The Morgan fingerprint density at radius 3 is 2.72 bits per heavy atom. The van der Waals surface area contributed by atoms with Gasteiger partial charge in [-0.05, 0) is 31.0 Å². The molecule has 1 amide bonds. The monoisotopic (exact) mass is 269 g/mol. The first-order valence-electron chi connectivity index (χ1n) is 5.68. The molecule has 0 aromatic heterocycles. The number of nitrogens with one attached hydrogen (secondary N) is 1. The highest BCUT2D eigenvalue weighted by Gasteiger charge is 2.29. The summed E-state index contributed by atoms with van der Waals surface area (Å²) >= 11 is 0. The first-order chi connectivity index (χ1) is 8.37. The molecule has 5 nitrogen and oxygen atoms in total. The molecule has 0 saturated carbocycles. The lowest BCUT2D eigenvalue weighted by molar-refractivity contribution is 0.0940. The maximum atomic E-state index is 11.9. The van der Waals surface area contributed by atoms with E-state index in [1.807, 2.05) is 0 Å². The Hall–Kier alpha value is -1.56. The second kappa shape index (κ2) is 4.61. The summed E-state index contributed by atoms with van der Waals surface area (Å²) in [7, 11) is -3.00. The third-order valence-corrected chi connectivity index (χ3v) is 4.81. The van der Waals surface area contributed by atoms with E-state index < -0.39 is 9.84 Å². The number of carbonyl (C=O) groups excluding carboxylic acids is 1. The molecule has 1 aromatic rings. The van der Waals surface area contributed by atoms with Crippen molar-refractivity contribution in [3.8, 4) is 5.75 Å². The Morgan fingerprint density at radius 1 is 1.44 bits per heavy atom. The summed E-state index contributed by atoms with van der Waals surface area (Å²) in [5.41, 5.74) is 1.03. The quantitative estimate of drug-likeness (QED) is 0.824.